The van der Waals surface area contributed by atoms with Crippen LogP contribution < -0.4 is 14.8 Å². The lowest BCUT2D eigenvalue weighted by Gasteiger charge is -2.49. The van der Waals surface area contributed by atoms with Crippen LogP contribution in [0, 0.1) is 11.8 Å². The first-order chi connectivity index (χ1) is 16.7. The molecule has 3 aliphatic rings. The second-order valence-corrected chi connectivity index (χ2v) is 9.10. The zero-order chi connectivity index (χ0) is 23.3. The van der Waals surface area contributed by atoms with Gasteiger partial charge in [0.2, 0.25) is 5.91 Å². The largest absolute Gasteiger partial charge is 0.496 e. The van der Waals surface area contributed by atoms with Gasteiger partial charge in [-0.3, -0.25) is 14.4 Å². The molecule has 1 N–H and O–H groups in total. The van der Waals surface area contributed by atoms with E-state index < -0.39 is 0 Å². The van der Waals surface area contributed by atoms with E-state index in [0.29, 0.717) is 25.1 Å². The van der Waals surface area contributed by atoms with Gasteiger partial charge in [0.1, 0.15) is 23.8 Å². The van der Waals surface area contributed by atoms with Gasteiger partial charge < -0.3 is 14.8 Å². The SMILES string of the molecule is COc1ccccc1CNC(=O)C1CN2CCC1CC2Cn1cc(COc2ccccc2)nn1. The van der Waals surface area contributed by atoms with Gasteiger partial charge in [0, 0.05) is 24.7 Å². The molecule has 4 unspecified atom stereocenters. The van der Waals surface area contributed by atoms with Crippen molar-refractivity contribution in [2.45, 2.75) is 38.6 Å². The van der Waals surface area contributed by atoms with E-state index in [0.717, 1.165) is 55.2 Å². The van der Waals surface area contributed by atoms with E-state index in [9.17, 15) is 4.79 Å². The topological polar surface area (TPSA) is 81.5 Å². The van der Waals surface area contributed by atoms with Gasteiger partial charge in [0.15, 0.2) is 0 Å². The second kappa shape index (κ2) is 10.3. The number of ether oxygens (including phenoxy) is 2. The van der Waals surface area contributed by atoms with Gasteiger partial charge in [0.05, 0.1) is 25.8 Å². The van der Waals surface area contributed by atoms with Crippen molar-refractivity contribution >= 4 is 5.91 Å². The molecule has 0 spiro atoms. The normalized spacial score (nSPS) is 23.4. The van der Waals surface area contributed by atoms with Crippen molar-refractivity contribution in [3.63, 3.8) is 0 Å². The molecule has 8 nitrogen and oxygen atoms in total. The van der Waals surface area contributed by atoms with Crippen molar-refractivity contribution in [2.24, 2.45) is 11.8 Å². The van der Waals surface area contributed by atoms with E-state index in [4.69, 9.17) is 9.47 Å². The molecule has 34 heavy (non-hydrogen) atoms. The highest BCUT2D eigenvalue weighted by atomic mass is 16.5. The summed E-state index contributed by atoms with van der Waals surface area (Å²) in [5.74, 6) is 2.20. The zero-order valence-corrected chi connectivity index (χ0v) is 19.5. The summed E-state index contributed by atoms with van der Waals surface area (Å²) in [4.78, 5) is 15.4. The molecule has 3 saturated heterocycles. The van der Waals surface area contributed by atoms with Crippen molar-refractivity contribution < 1.29 is 14.3 Å². The molecule has 3 fully saturated rings. The van der Waals surface area contributed by atoms with Crippen molar-refractivity contribution in [3.8, 4) is 11.5 Å². The number of hydrogen-bond donors (Lipinski definition) is 1. The maximum atomic E-state index is 13.0. The molecule has 0 aliphatic carbocycles. The summed E-state index contributed by atoms with van der Waals surface area (Å²) in [6.45, 7) is 3.50. The van der Waals surface area contributed by atoms with Gasteiger partial charge >= 0.3 is 0 Å². The molecule has 1 aromatic heterocycles. The zero-order valence-electron chi connectivity index (χ0n) is 19.5. The Balaban J connectivity index is 1.13. The Hall–Kier alpha value is -3.39. The number of benzene rings is 2. The maximum Gasteiger partial charge on any atom is 0.224 e. The first-order valence-electron chi connectivity index (χ1n) is 11.9. The third-order valence-electron chi connectivity index (χ3n) is 6.97. The molecule has 1 amide bonds. The van der Waals surface area contributed by atoms with E-state index in [1.54, 1.807) is 7.11 Å². The van der Waals surface area contributed by atoms with Crippen LogP contribution in [-0.4, -0.2) is 52.0 Å². The van der Waals surface area contributed by atoms with Gasteiger partial charge in [0.25, 0.3) is 0 Å². The van der Waals surface area contributed by atoms with Crippen molar-refractivity contribution in [1.29, 1.82) is 0 Å². The molecule has 2 bridgehead atoms. The number of piperidine rings is 3. The first-order valence-corrected chi connectivity index (χ1v) is 11.9. The van der Waals surface area contributed by atoms with E-state index in [2.05, 4.69) is 20.5 Å². The van der Waals surface area contributed by atoms with E-state index in [1.807, 2.05) is 65.5 Å². The van der Waals surface area contributed by atoms with E-state index in [-0.39, 0.29) is 11.8 Å². The van der Waals surface area contributed by atoms with Crippen molar-refractivity contribution in [3.05, 3.63) is 72.1 Å². The highest BCUT2D eigenvalue weighted by Crippen LogP contribution is 2.37. The Morgan fingerprint density at radius 3 is 2.76 bits per heavy atom. The summed E-state index contributed by atoms with van der Waals surface area (Å²) in [5.41, 5.74) is 1.81. The van der Waals surface area contributed by atoms with Crippen LogP contribution in [0.15, 0.2) is 60.8 Å². The van der Waals surface area contributed by atoms with E-state index >= 15 is 0 Å². The minimum atomic E-state index is 0.0327. The van der Waals surface area contributed by atoms with Gasteiger partial charge in [-0.05, 0) is 43.5 Å². The number of nitrogens with zero attached hydrogens (tertiary/aromatic N) is 4. The molecule has 178 valence electrons. The Kier molecular flexibility index (Phi) is 6.76. The molecular weight excluding hydrogens is 430 g/mol. The lowest BCUT2D eigenvalue weighted by molar-refractivity contribution is -0.133. The molecule has 6 rings (SSSR count). The summed E-state index contributed by atoms with van der Waals surface area (Å²) in [7, 11) is 1.66. The minimum absolute atomic E-state index is 0.0327. The predicted molar refractivity (Wildman–Crippen MR) is 127 cm³/mol. The number of fused-ring (bicyclic) bond motifs is 3. The number of para-hydroxylation sites is 2. The quantitative estimate of drug-likeness (QED) is 0.528. The summed E-state index contributed by atoms with van der Waals surface area (Å²) in [6, 6.07) is 17.9. The molecule has 8 heteroatoms. The highest BCUT2D eigenvalue weighted by Gasteiger charge is 2.43. The maximum absolute atomic E-state index is 13.0. The summed E-state index contributed by atoms with van der Waals surface area (Å²) in [5, 5.41) is 11.7. The van der Waals surface area contributed by atoms with Gasteiger partial charge in [-0.25, -0.2) is 0 Å². The number of aromatic nitrogens is 3. The lowest BCUT2D eigenvalue weighted by atomic mass is 9.75. The summed E-state index contributed by atoms with van der Waals surface area (Å²) in [6.07, 6.45) is 4.03. The second-order valence-electron chi connectivity index (χ2n) is 9.10. The smallest absolute Gasteiger partial charge is 0.224 e. The number of amides is 1. The average molecular weight is 462 g/mol. The number of rotatable bonds is 9. The third kappa shape index (κ3) is 5.07. The number of nitrogens with one attached hydrogen (secondary N) is 1. The van der Waals surface area contributed by atoms with Crippen molar-refractivity contribution in [2.75, 3.05) is 20.2 Å². The standard InChI is InChI=1S/C26H31N5O3/c1-33-25-10-6-5-7-20(25)14-27-26(32)24-17-30-12-11-19(24)13-22(30)16-31-15-21(28-29-31)18-34-23-8-3-2-4-9-23/h2-10,15,19,22,24H,11-14,16-18H2,1H3,(H,27,32). The van der Waals surface area contributed by atoms with Crippen LogP contribution in [-0.2, 0) is 24.5 Å². The first kappa shape index (κ1) is 22.4. The molecule has 0 radical (unpaired) electrons. The van der Waals surface area contributed by atoms with Crippen LogP contribution in [0.1, 0.15) is 24.1 Å². The van der Waals surface area contributed by atoms with Gasteiger partial charge in [-0.1, -0.05) is 41.6 Å². The molecule has 4 heterocycles. The Bertz CT molecular complexity index is 1100. The molecule has 4 atom stereocenters. The average Bonchev–Trinajstić information content (AvgIpc) is 3.34. The van der Waals surface area contributed by atoms with Gasteiger partial charge in [-0.2, -0.15) is 0 Å². The summed E-state index contributed by atoms with van der Waals surface area (Å²) >= 11 is 0. The van der Waals surface area contributed by atoms with Crippen LogP contribution in [0.4, 0.5) is 0 Å². The number of carbonyl (C=O) groups excluding carboxylic acids is 1. The number of methoxy groups -OCH3 is 1. The third-order valence-corrected chi connectivity index (χ3v) is 6.97. The number of hydrogen-bond acceptors (Lipinski definition) is 6. The minimum Gasteiger partial charge on any atom is -0.496 e. The highest BCUT2D eigenvalue weighted by molar-refractivity contribution is 5.79. The molecule has 2 aromatic carbocycles. The molecular formula is C26H31N5O3. The van der Waals surface area contributed by atoms with Crippen LogP contribution in [0.5, 0.6) is 11.5 Å². The van der Waals surface area contributed by atoms with E-state index in [1.165, 1.54) is 0 Å². The van der Waals surface area contributed by atoms with Crippen LogP contribution in [0.2, 0.25) is 0 Å². The molecule has 3 aliphatic heterocycles. The molecule has 3 aromatic rings. The fraction of sp³-hybridized carbons (Fsp3) is 0.423. The predicted octanol–water partition coefficient (Wildman–Crippen LogP) is 2.89. The molecule has 0 saturated carbocycles. The Labute approximate surface area is 199 Å². The van der Waals surface area contributed by atoms with Crippen LogP contribution in [0.3, 0.4) is 0 Å². The fourth-order valence-corrected chi connectivity index (χ4v) is 5.17. The monoisotopic (exact) mass is 461 g/mol. The van der Waals surface area contributed by atoms with Crippen LogP contribution >= 0.6 is 0 Å². The summed E-state index contributed by atoms with van der Waals surface area (Å²) < 4.78 is 13.1. The Morgan fingerprint density at radius 1 is 1.15 bits per heavy atom. The Morgan fingerprint density at radius 2 is 1.97 bits per heavy atom. The lowest BCUT2D eigenvalue weighted by Crippen LogP contribution is -2.58. The van der Waals surface area contributed by atoms with Gasteiger partial charge in [-0.15, -0.1) is 5.10 Å². The van der Waals surface area contributed by atoms with Crippen molar-refractivity contribution in [1.82, 2.24) is 25.2 Å². The number of carbonyl (C=O) groups is 1. The van der Waals surface area contributed by atoms with Crippen LogP contribution in [0.25, 0.3) is 0 Å². The fourth-order valence-electron chi connectivity index (χ4n) is 5.17.